The van der Waals surface area contributed by atoms with Crippen molar-refractivity contribution in [2.75, 3.05) is 13.1 Å². The van der Waals surface area contributed by atoms with Crippen LogP contribution in [0, 0.1) is 5.92 Å². The van der Waals surface area contributed by atoms with Crippen LogP contribution in [0.4, 0.5) is 0 Å². The quantitative estimate of drug-likeness (QED) is 0.777. The van der Waals surface area contributed by atoms with E-state index in [-0.39, 0.29) is 0 Å². The molecule has 0 bridgehead atoms. The Hall–Kier alpha value is -0.830. The fourth-order valence-electron chi connectivity index (χ4n) is 2.45. The summed E-state index contributed by atoms with van der Waals surface area (Å²) in [7, 11) is 0. The summed E-state index contributed by atoms with van der Waals surface area (Å²) in [5.41, 5.74) is 2.67. The summed E-state index contributed by atoms with van der Waals surface area (Å²) in [6.45, 7) is 9.11. The molecule has 0 atom stereocenters. The summed E-state index contributed by atoms with van der Waals surface area (Å²) in [6.07, 6.45) is 2.90. The molecule has 3 nitrogen and oxygen atoms in total. The summed E-state index contributed by atoms with van der Waals surface area (Å²) in [5.74, 6) is 1.55. The molecule has 1 aromatic rings. The molecule has 16 heavy (non-hydrogen) atoms. The second kappa shape index (κ2) is 3.88. The first kappa shape index (κ1) is 10.3. The monoisotopic (exact) mass is 219 g/mol. The molecule has 0 unspecified atom stereocenters. The first-order valence-electron chi connectivity index (χ1n) is 6.51. The molecule has 1 fully saturated rings. The zero-order chi connectivity index (χ0) is 11.1. The summed E-state index contributed by atoms with van der Waals surface area (Å²) in [5, 5.41) is 4.67. The minimum Gasteiger partial charge on any atom is -0.295 e. The maximum atomic E-state index is 4.67. The van der Waals surface area contributed by atoms with Crippen LogP contribution in [-0.4, -0.2) is 27.8 Å². The molecule has 2 aliphatic rings. The molecule has 3 rings (SSSR count). The number of hydrogen-bond donors (Lipinski definition) is 0. The Bertz CT molecular complexity index is 377. The van der Waals surface area contributed by atoms with Gasteiger partial charge in [-0.25, -0.2) is 0 Å². The minimum absolute atomic E-state index is 0.551. The van der Waals surface area contributed by atoms with Crippen molar-refractivity contribution >= 4 is 0 Å². The van der Waals surface area contributed by atoms with Gasteiger partial charge in [-0.05, 0) is 30.7 Å². The van der Waals surface area contributed by atoms with E-state index in [1.54, 1.807) is 0 Å². The lowest BCUT2D eigenvalue weighted by atomic mass is 10.1. The Morgan fingerprint density at radius 2 is 2.19 bits per heavy atom. The third kappa shape index (κ3) is 2.01. The smallest absolute Gasteiger partial charge is 0.0653 e. The van der Waals surface area contributed by atoms with Crippen LogP contribution in [0.15, 0.2) is 6.07 Å². The molecule has 0 saturated heterocycles. The van der Waals surface area contributed by atoms with E-state index in [1.165, 1.54) is 37.3 Å². The van der Waals surface area contributed by atoms with Crippen molar-refractivity contribution in [2.45, 2.75) is 45.7 Å². The van der Waals surface area contributed by atoms with Gasteiger partial charge in [0.15, 0.2) is 0 Å². The fourth-order valence-corrected chi connectivity index (χ4v) is 2.45. The molecule has 88 valence electrons. The minimum atomic E-state index is 0.551. The Morgan fingerprint density at radius 3 is 2.88 bits per heavy atom. The van der Waals surface area contributed by atoms with Crippen LogP contribution in [0.1, 0.15) is 44.0 Å². The average Bonchev–Trinajstić information content (AvgIpc) is 2.95. The average molecular weight is 219 g/mol. The highest BCUT2D eigenvalue weighted by atomic mass is 15.3. The van der Waals surface area contributed by atoms with E-state index < -0.39 is 0 Å². The lowest BCUT2D eigenvalue weighted by molar-refractivity contribution is 0.205. The number of fused-ring (bicyclic) bond motifs is 1. The summed E-state index contributed by atoms with van der Waals surface area (Å²) >= 11 is 0. The Kier molecular flexibility index (Phi) is 2.51. The third-order valence-corrected chi connectivity index (χ3v) is 3.70. The Labute approximate surface area is 97.4 Å². The zero-order valence-corrected chi connectivity index (χ0v) is 10.3. The van der Waals surface area contributed by atoms with E-state index in [2.05, 4.69) is 34.6 Å². The Morgan fingerprint density at radius 1 is 1.38 bits per heavy atom. The summed E-state index contributed by atoms with van der Waals surface area (Å²) in [4.78, 5) is 2.60. The molecule has 0 spiro atoms. The molecule has 0 amide bonds. The van der Waals surface area contributed by atoms with Crippen LogP contribution in [0.5, 0.6) is 0 Å². The van der Waals surface area contributed by atoms with Crippen molar-refractivity contribution in [1.29, 1.82) is 0 Å². The Balaban J connectivity index is 1.72. The molecule has 0 aromatic carbocycles. The maximum absolute atomic E-state index is 4.67. The SMILES string of the molecule is CC(C)c1cc2n(n1)CCN(CC1CC1)C2. The fraction of sp³-hybridized carbons (Fsp3) is 0.769. The van der Waals surface area contributed by atoms with Gasteiger partial charge in [0.05, 0.1) is 17.9 Å². The van der Waals surface area contributed by atoms with Crippen molar-refractivity contribution in [3.63, 3.8) is 0 Å². The first-order valence-corrected chi connectivity index (χ1v) is 6.51. The molecule has 0 N–H and O–H groups in total. The van der Waals surface area contributed by atoms with Crippen molar-refractivity contribution in [1.82, 2.24) is 14.7 Å². The van der Waals surface area contributed by atoms with E-state index in [0.717, 1.165) is 19.0 Å². The maximum Gasteiger partial charge on any atom is 0.0653 e. The molecule has 1 aromatic heterocycles. The van der Waals surface area contributed by atoms with Gasteiger partial charge in [0, 0.05) is 19.6 Å². The largest absolute Gasteiger partial charge is 0.295 e. The van der Waals surface area contributed by atoms with E-state index >= 15 is 0 Å². The van der Waals surface area contributed by atoms with Crippen molar-refractivity contribution in [2.24, 2.45) is 5.92 Å². The van der Waals surface area contributed by atoms with Crippen LogP contribution in [0.3, 0.4) is 0 Å². The highest BCUT2D eigenvalue weighted by Gasteiger charge is 2.26. The summed E-state index contributed by atoms with van der Waals surface area (Å²) < 4.78 is 2.21. The van der Waals surface area contributed by atoms with Gasteiger partial charge in [0.2, 0.25) is 0 Å². The van der Waals surface area contributed by atoms with Gasteiger partial charge in [-0.15, -0.1) is 0 Å². The number of aromatic nitrogens is 2. The highest BCUT2D eigenvalue weighted by Crippen LogP contribution is 2.31. The first-order chi connectivity index (χ1) is 7.72. The molecular formula is C13H21N3. The third-order valence-electron chi connectivity index (χ3n) is 3.70. The molecular weight excluding hydrogens is 198 g/mol. The van der Waals surface area contributed by atoms with Gasteiger partial charge >= 0.3 is 0 Å². The normalized spacial score (nSPS) is 21.4. The number of nitrogens with zero attached hydrogens (tertiary/aromatic N) is 3. The lowest BCUT2D eigenvalue weighted by Crippen LogP contribution is -2.35. The number of hydrogen-bond acceptors (Lipinski definition) is 2. The van der Waals surface area contributed by atoms with Crippen molar-refractivity contribution in [3.8, 4) is 0 Å². The topological polar surface area (TPSA) is 21.1 Å². The molecule has 3 heteroatoms. The van der Waals surface area contributed by atoms with Crippen LogP contribution in [-0.2, 0) is 13.1 Å². The molecule has 1 aliphatic heterocycles. The van der Waals surface area contributed by atoms with Crippen molar-refractivity contribution < 1.29 is 0 Å². The van der Waals surface area contributed by atoms with Crippen LogP contribution in [0.2, 0.25) is 0 Å². The van der Waals surface area contributed by atoms with Gasteiger partial charge in [-0.3, -0.25) is 9.58 Å². The predicted molar refractivity (Wildman–Crippen MR) is 64.3 cm³/mol. The molecule has 0 radical (unpaired) electrons. The van der Waals surface area contributed by atoms with Crippen LogP contribution in [0.25, 0.3) is 0 Å². The molecule has 1 saturated carbocycles. The summed E-state index contributed by atoms with van der Waals surface area (Å²) in [6, 6.07) is 2.30. The van der Waals surface area contributed by atoms with Crippen molar-refractivity contribution in [3.05, 3.63) is 17.5 Å². The van der Waals surface area contributed by atoms with Gasteiger partial charge in [-0.2, -0.15) is 5.10 Å². The number of rotatable bonds is 3. The van der Waals surface area contributed by atoms with Gasteiger partial charge in [0.1, 0.15) is 0 Å². The van der Waals surface area contributed by atoms with Gasteiger partial charge < -0.3 is 0 Å². The second-order valence-electron chi connectivity index (χ2n) is 5.62. The van der Waals surface area contributed by atoms with E-state index in [4.69, 9.17) is 0 Å². The van der Waals surface area contributed by atoms with Crippen LogP contribution < -0.4 is 0 Å². The van der Waals surface area contributed by atoms with Gasteiger partial charge in [-0.1, -0.05) is 13.8 Å². The molecule has 2 heterocycles. The van der Waals surface area contributed by atoms with E-state index in [1.807, 2.05) is 0 Å². The second-order valence-corrected chi connectivity index (χ2v) is 5.62. The predicted octanol–water partition coefficient (Wildman–Crippen LogP) is 2.23. The van der Waals surface area contributed by atoms with Crippen LogP contribution >= 0.6 is 0 Å². The highest BCUT2D eigenvalue weighted by molar-refractivity contribution is 5.14. The van der Waals surface area contributed by atoms with E-state index in [0.29, 0.717) is 5.92 Å². The standard InChI is InChI=1S/C13H21N3/c1-10(2)13-7-12-9-15(8-11-3-4-11)5-6-16(12)14-13/h7,10-11H,3-6,8-9H2,1-2H3. The molecule has 1 aliphatic carbocycles. The van der Waals surface area contributed by atoms with Gasteiger partial charge in [0.25, 0.3) is 0 Å². The zero-order valence-electron chi connectivity index (χ0n) is 10.3. The lowest BCUT2D eigenvalue weighted by Gasteiger charge is -2.27. The van der Waals surface area contributed by atoms with E-state index in [9.17, 15) is 0 Å².